The van der Waals surface area contributed by atoms with Gasteiger partial charge in [-0.05, 0) is 22.9 Å². The fourth-order valence-electron chi connectivity index (χ4n) is 1.85. The van der Waals surface area contributed by atoms with Crippen LogP contribution in [0.2, 0.25) is 0 Å². The number of benzene rings is 2. The Morgan fingerprint density at radius 1 is 1.22 bits per heavy atom. The van der Waals surface area contributed by atoms with Crippen LogP contribution in [0.3, 0.4) is 0 Å². The summed E-state index contributed by atoms with van der Waals surface area (Å²) in [5.41, 5.74) is 0. The largest absolute Gasteiger partial charge is 0.493 e. The van der Waals surface area contributed by atoms with E-state index in [2.05, 4.69) is 0 Å². The molecule has 0 saturated carbocycles. The van der Waals surface area contributed by atoms with Crippen molar-refractivity contribution in [2.45, 2.75) is 13.3 Å². The zero-order chi connectivity index (χ0) is 13.0. The summed E-state index contributed by atoms with van der Waals surface area (Å²) in [4.78, 5) is 10.5. The van der Waals surface area contributed by atoms with Crippen molar-refractivity contribution in [3.05, 3.63) is 42.5 Å². The number of carbonyl (C=O) groups is 1. The van der Waals surface area contributed by atoms with Gasteiger partial charge in [0.05, 0.1) is 13.0 Å². The minimum atomic E-state index is -0.787. The molecule has 1 unspecified atom stereocenters. The van der Waals surface area contributed by atoms with Crippen molar-refractivity contribution in [2.75, 3.05) is 6.61 Å². The van der Waals surface area contributed by atoms with E-state index in [1.807, 2.05) is 49.4 Å². The molecule has 2 aromatic rings. The molecule has 0 heterocycles. The third-order valence-electron chi connectivity index (χ3n) is 2.78. The lowest BCUT2D eigenvalue weighted by molar-refractivity contribution is -0.138. The molecule has 2 aromatic carbocycles. The number of rotatable bonds is 5. The molecule has 2 rings (SSSR count). The summed E-state index contributed by atoms with van der Waals surface area (Å²) in [6.07, 6.45) is 0.133. The van der Waals surface area contributed by atoms with E-state index in [1.54, 1.807) is 0 Å². The number of carboxylic acid groups (broad SMARTS) is 1. The van der Waals surface area contributed by atoms with Gasteiger partial charge >= 0.3 is 5.97 Å². The Bertz CT molecular complexity index is 548. The normalized spacial score (nSPS) is 12.3. The third kappa shape index (κ3) is 3.23. The molecule has 0 radical (unpaired) electrons. The molecule has 3 heteroatoms. The predicted octanol–water partition coefficient (Wildman–Crippen LogP) is 3.33. The van der Waals surface area contributed by atoms with Gasteiger partial charge in [-0.3, -0.25) is 4.79 Å². The summed E-state index contributed by atoms with van der Waals surface area (Å²) in [5, 5.41) is 11.0. The van der Waals surface area contributed by atoms with E-state index in [-0.39, 0.29) is 12.3 Å². The van der Waals surface area contributed by atoms with E-state index in [0.29, 0.717) is 6.61 Å². The van der Waals surface area contributed by atoms with Gasteiger partial charge in [0.25, 0.3) is 0 Å². The second-order valence-electron chi connectivity index (χ2n) is 4.52. The number of carboxylic acids is 1. The minimum Gasteiger partial charge on any atom is -0.493 e. The molecule has 1 atom stereocenters. The van der Waals surface area contributed by atoms with Crippen LogP contribution in [-0.2, 0) is 4.79 Å². The number of hydrogen-bond donors (Lipinski definition) is 1. The molecule has 0 aliphatic heterocycles. The molecule has 0 aliphatic carbocycles. The van der Waals surface area contributed by atoms with Gasteiger partial charge in [0, 0.05) is 5.92 Å². The molecule has 0 aromatic heterocycles. The Balaban J connectivity index is 2.01. The zero-order valence-corrected chi connectivity index (χ0v) is 10.3. The van der Waals surface area contributed by atoms with Crippen molar-refractivity contribution in [3.8, 4) is 5.75 Å². The van der Waals surface area contributed by atoms with Crippen molar-refractivity contribution >= 4 is 16.7 Å². The van der Waals surface area contributed by atoms with E-state index in [0.717, 1.165) is 11.1 Å². The van der Waals surface area contributed by atoms with Gasteiger partial charge in [-0.25, -0.2) is 0 Å². The number of hydrogen-bond acceptors (Lipinski definition) is 2. The van der Waals surface area contributed by atoms with E-state index < -0.39 is 5.97 Å². The van der Waals surface area contributed by atoms with E-state index in [1.165, 1.54) is 5.39 Å². The second kappa shape index (κ2) is 5.54. The zero-order valence-electron chi connectivity index (χ0n) is 10.3. The summed E-state index contributed by atoms with van der Waals surface area (Å²) in [7, 11) is 0. The first-order chi connectivity index (χ1) is 8.65. The van der Waals surface area contributed by atoms with Gasteiger partial charge in [0.2, 0.25) is 0 Å². The molecule has 0 fully saturated rings. The highest BCUT2D eigenvalue weighted by Crippen LogP contribution is 2.21. The van der Waals surface area contributed by atoms with Crippen LogP contribution in [0.4, 0.5) is 0 Å². The van der Waals surface area contributed by atoms with Crippen molar-refractivity contribution < 1.29 is 14.6 Å². The average Bonchev–Trinajstić information content (AvgIpc) is 2.35. The molecule has 0 spiro atoms. The van der Waals surface area contributed by atoms with Crippen LogP contribution in [0.15, 0.2) is 42.5 Å². The van der Waals surface area contributed by atoms with Crippen LogP contribution in [0.5, 0.6) is 5.75 Å². The Morgan fingerprint density at radius 2 is 1.94 bits per heavy atom. The maximum atomic E-state index is 10.5. The third-order valence-corrected chi connectivity index (χ3v) is 2.78. The molecular weight excluding hydrogens is 228 g/mol. The van der Waals surface area contributed by atoms with Crippen LogP contribution in [0, 0.1) is 5.92 Å². The average molecular weight is 244 g/mol. The van der Waals surface area contributed by atoms with Gasteiger partial charge in [-0.15, -0.1) is 0 Å². The van der Waals surface area contributed by atoms with Gasteiger partial charge in [0.1, 0.15) is 5.75 Å². The Hall–Kier alpha value is -2.03. The molecule has 0 aliphatic rings. The molecule has 3 nitrogen and oxygen atoms in total. The first kappa shape index (κ1) is 12.4. The van der Waals surface area contributed by atoms with Gasteiger partial charge in [-0.1, -0.05) is 37.3 Å². The van der Waals surface area contributed by atoms with Crippen molar-refractivity contribution in [1.29, 1.82) is 0 Å². The molecule has 0 saturated heterocycles. The smallest absolute Gasteiger partial charge is 0.303 e. The maximum Gasteiger partial charge on any atom is 0.303 e. The fourth-order valence-corrected chi connectivity index (χ4v) is 1.85. The predicted molar refractivity (Wildman–Crippen MR) is 70.9 cm³/mol. The van der Waals surface area contributed by atoms with Gasteiger partial charge in [-0.2, -0.15) is 0 Å². The quantitative estimate of drug-likeness (QED) is 0.877. The SMILES string of the molecule is CC(COc1ccc2ccccc2c1)CC(=O)O. The first-order valence-electron chi connectivity index (χ1n) is 5.98. The Kier molecular flexibility index (Phi) is 3.82. The van der Waals surface area contributed by atoms with Crippen molar-refractivity contribution in [3.63, 3.8) is 0 Å². The fraction of sp³-hybridized carbons (Fsp3) is 0.267. The van der Waals surface area contributed by atoms with E-state index >= 15 is 0 Å². The molecule has 0 bridgehead atoms. The lowest BCUT2D eigenvalue weighted by atomic mass is 10.1. The Morgan fingerprint density at radius 3 is 2.67 bits per heavy atom. The summed E-state index contributed by atoms with van der Waals surface area (Å²) in [6.45, 7) is 2.29. The summed E-state index contributed by atoms with van der Waals surface area (Å²) in [6, 6.07) is 14.0. The molecule has 94 valence electrons. The van der Waals surface area contributed by atoms with Crippen molar-refractivity contribution in [2.24, 2.45) is 5.92 Å². The highest BCUT2D eigenvalue weighted by Gasteiger charge is 2.08. The first-order valence-corrected chi connectivity index (χ1v) is 5.98. The molecule has 1 N–H and O–H groups in total. The van der Waals surface area contributed by atoms with Gasteiger partial charge < -0.3 is 9.84 Å². The minimum absolute atomic E-state index is 0.00831. The van der Waals surface area contributed by atoms with Crippen LogP contribution in [-0.4, -0.2) is 17.7 Å². The van der Waals surface area contributed by atoms with Crippen LogP contribution in [0.25, 0.3) is 10.8 Å². The maximum absolute atomic E-state index is 10.5. The van der Waals surface area contributed by atoms with E-state index in [9.17, 15) is 4.79 Å². The van der Waals surface area contributed by atoms with E-state index in [4.69, 9.17) is 9.84 Å². The summed E-state index contributed by atoms with van der Waals surface area (Å²) >= 11 is 0. The molecule has 0 amide bonds. The van der Waals surface area contributed by atoms with Crippen LogP contribution < -0.4 is 4.74 Å². The second-order valence-corrected chi connectivity index (χ2v) is 4.52. The topological polar surface area (TPSA) is 46.5 Å². The Labute approximate surface area is 106 Å². The number of aliphatic carboxylic acids is 1. The number of fused-ring (bicyclic) bond motifs is 1. The number of ether oxygens (including phenoxy) is 1. The van der Waals surface area contributed by atoms with Crippen LogP contribution in [0.1, 0.15) is 13.3 Å². The highest BCUT2D eigenvalue weighted by atomic mass is 16.5. The molecular formula is C15H16O3. The van der Waals surface area contributed by atoms with Crippen LogP contribution >= 0.6 is 0 Å². The summed E-state index contributed by atoms with van der Waals surface area (Å²) in [5.74, 6) is 0.00419. The highest BCUT2D eigenvalue weighted by molar-refractivity contribution is 5.83. The lowest BCUT2D eigenvalue weighted by Gasteiger charge is -2.11. The molecule has 18 heavy (non-hydrogen) atoms. The lowest BCUT2D eigenvalue weighted by Crippen LogP contribution is -2.12. The standard InChI is InChI=1S/C15H16O3/c1-11(8-15(16)17)10-18-14-7-6-12-4-2-3-5-13(12)9-14/h2-7,9,11H,8,10H2,1H3,(H,16,17). The summed E-state index contributed by atoms with van der Waals surface area (Å²) < 4.78 is 5.61. The van der Waals surface area contributed by atoms with Gasteiger partial charge in [0.15, 0.2) is 0 Å². The van der Waals surface area contributed by atoms with Crippen molar-refractivity contribution in [1.82, 2.24) is 0 Å². The monoisotopic (exact) mass is 244 g/mol.